The third-order valence-electron chi connectivity index (χ3n) is 2.37. The normalized spacial score (nSPS) is 10.5. The summed E-state index contributed by atoms with van der Waals surface area (Å²) >= 11 is 0. The number of ketones is 1. The molecule has 1 aromatic heterocycles. The maximum absolute atomic E-state index is 11.5. The lowest BCUT2D eigenvalue weighted by atomic mass is 10.0. The topological polar surface area (TPSA) is 47.3 Å². The smallest absolute Gasteiger partial charge is 0.343 e. The number of hydrogen-bond acceptors (Lipinski definition) is 3. The minimum absolute atomic E-state index is 0.0903. The summed E-state index contributed by atoms with van der Waals surface area (Å²) in [6, 6.07) is 6.97. The fourth-order valence-corrected chi connectivity index (χ4v) is 1.75. The second-order valence-electron chi connectivity index (χ2n) is 3.42. The largest absolute Gasteiger partial charge is 0.427 e. The molecule has 0 saturated heterocycles. The van der Waals surface area contributed by atoms with E-state index in [1.54, 1.807) is 31.2 Å². The molecule has 15 heavy (non-hydrogen) atoms. The minimum Gasteiger partial charge on any atom is -0.427 e. The molecular weight excluding hydrogens is 192 g/mol. The van der Waals surface area contributed by atoms with Crippen LogP contribution in [0, 0.1) is 6.92 Å². The first-order valence-electron chi connectivity index (χ1n) is 4.64. The van der Waals surface area contributed by atoms with Crippen molar-refractivity contribution >= 4 is 16.6 Å². The van der Waals surface area contributed by atoms with E-state index in [4.69, 9.17) is 4.42 Å². The Bertz CT molecular complexity index is 593. The van der Waals surface area contributed by atoms with Gasteiger partial charge < -0.3 is 4.42 Å². The van der Waals surface area contributed by atoms with Crippen LogP contribution in [0.1, 0.15) is 23.0 Å². The molecule has 1 aromatic carbocycles. The van der Waals surface area contributed by atoms with E-state index in [-0.39, 0.29) is 5.78 Å². The van der Waals surface area contributed by atoms with E-state index in [9.17, 15) is 9.59 Å². The number of benzene rings is 1. The Labute approximate surface area is 86.3 Å². The van der Waals surface area contributed by atoms with Gasteiger partial charge in [0.15, 0.2) is 5.78 Å². The third-order valence-corrected chi connectivity index (χ3v) is 2.37. The van der Waals surface area contributed by atoms with E-state index in [0.29, 0.717) is 22.1 Å². The molecule has 0 atom stereocenters. The molecule has 0 radical (unpaired) electrons. The number of rotatable bonds is 1. The van der Waals surface area contributed by atoms with E-state index in [1.165, 1.54) is 6.92 Å². The molecule has 0 aliphatic carbocycles. The van der Waals surface area contributed by atoms with Gasteiger partial charge in [-0.1, -0.05) is 18.2 Å². The molecule has 76 valence electrons. The van der Waals surface area contributed by atoms with E-state index in [2.05, 4.69) is 0 Å². The van der Waals surface area contributed by atoms with Crippen LogP contribution in [-0.2, 0) is 0 Å². The first-order valence-corrected chi connectivity index (χ1v) is 4.64. The summed E-state index contributed by atoms with van der Waals surface area (Å²) in [5.74, 6) is 0.290. The quantitative estimate of drug-likeness (QED) is 0.666. The number of fused-ring (bicyclic) bond motifs is 1. The van der Waals surface area contributed by atoms with Crippen molar-refractivity contribution in [3.63, 3.8) is 0 Å². The number of hydrogen-bond donors (Lipinski definition) is 0. The summed E-state index contributed by atoms with van der Waals surface area (Å²) in [7, 11) is 0. The highest BCUT2D eigenvalue weighted by atomic mass is 16.4. The second kappa shape index (κ2) is 3.35. The van der Waals surface area contributed by atoms with Gasteiger partial charge in [0.05, 0.1) is 10.9 Å². The minimum atomic E-state index is -0.395. The molecule has 2 aromatic rings. The predicted molar refractivity (Wildman–Crippen MR) is 57.2 cm³/mol. The zero-order valence-electron chi connectivity index (χ0n) is 8.53. The number of Topliss-reactive ketones (excluding diaryl/α,β-unsaturated/α-hetero) is 1. The van der Waals surface area contributed by atoms with Gasteiger partial charge in [-0.3, -0.25) is 4.79 Å². The van der Waals surface area contributed by atoms with Gasteiger partial charge in [0, 0.05) is 5.39 Å². The summed E-state index contributed by atoms with van der Waals surface area (Å²) in [4.78, 5) is 22.9. The molecular formula is C12H10O3. The van der Waals surface area contributed by atoms with Crippen LogP contribution in [0.5, 0.6) is 0 Å². The highest BCUT2D eigenvalue weighted by molar-refractivity contribution is 6.07. The van der Waals surface area contributed by atoms with Crippen molar-refractivity contribution < 1.29 is 9.21 Å². The molecule has 2 rings (SSSR count). The molecule has 0 aliphatic heterocycles. The van der Waals surface area contributed by atoms with Crippen molar-refractivity contribution in [3.05, 3.63) is 46.0 Å². The first-order chi connectivity index (χ1) is 7.11. The van der Waals surface area contributed by atoms with Crippen LogP contribution in [0.2, 0.25) is 0 Å². The average Bonchev–Trinajstić information content (AvgIpc) is 2.17. The SMILES string of the molecule is CC(=O)c1c(C)oc(=O)c2ccccc12. The van der Waals surface area contributed by atoms with Gasteiger partial charge in [0.25, 0.3) is 0 Å². The Balaban J connectivity index is 3.03. The zero-order chi connectivity index (χ0) is 11.0. The third kappa shape index (κ3) is 1.46. The van der Waals surface area contributed by atoms with Gasteiger partial charge in [-0.15, -0.1) is 0 Å². The van der Waals surface area contributed by atoms with E-state index in [1.807, 2.05) is 0 Å². The van der Waals surface area contributed by atoms with Crippen LogP contribution < -0.4 is 5.63 Å². The van der Waals surface area contributed by atoms with Gasteiger partial charge in [-0.25, -0.2) is 4.79 Å². The summed E-state index contributed by atoms with van der Waals surface area (Å²) < 4.78 is 5.01. The molecule has 3 heteroatoms. The maximum atomic E-state index is 11.5. The van der Waals surface area contributed by atoms with Gasteiger partial charge in [0.1, 0.15) is 5.76 Å². The molecule has 0 bridgehead atoms. The summed E-state index contributed by atoms with van der Waals surface area (Å²) in [6.45, 7) is 3.10. The van der Waals surface area contributed by atoms with Gasteiger partial charge in [-0.05, 0) is 19.9 Å². The zero-order valence-corrected chi connectivity index (χ0v) is 8.53. The summed E-state index contributed by atoms with van der Waals surface area (Å²) in [5, 5.41) is 1.12. The predicted octanol–water partition coefficient (Wildman–Crippen LogP) is 2.30. The number of carbonyl (C=O) groups excluding carboxylic acids is 1. The van der Waals surface area contributed by atoms with Crippen molar-refractivity contribution in [2.45, 2.75) is 13.8 Å². The Morgan fingerprint density at radius 2 is 1.80 bits per heavy atom. The number of aryl methyl sites for hydroxylation is 1. The molecule has 0 aliphatic rings. The van der Waals surface area contributed by atoms with Crippen molar-refractivity contribution in [2.24, 2.45) is 0 Å². The Morgan fingerprint density at radius 3 is 2.40 bits per heavy atom. The Morgan fingerprint density at radius 1 is 1.20 bits per heavy atom. The van der Waals surface area contributed by atoms with E-state index in [0.717, 1.165) is 0 Å². The van der Waals surface area contributed by atoms with Crippen LogP contribution in [0.4, 0.5) is 0 Å². The fraction of sp³-hybridized carbons (Fsp3) is 0.167. The van der Waals surface area contributed by atoms with Crippen molar-refractivity contribution in [1.82, 2.24) is 0 Å². The molecule has 0 spiro atoms. The van der Waals surface area contributed by atoms with Crippen LogP contribution in [0.3, 0.4) is 0 Å². The number of carbonyl (C=O) groups is 1. The Hall–Kier alpha value is -1.90. The second-order valence-corrected chi connectivity index (χ2v) is 3.42. The van der Waals surface area contributed by atoms with Crippen molar-refractivity contribution in [3.8, 4) is 0 Å². The molecule has 3 nitrogen and oxygen atoms in total. The fourth-order valence-electron chi connectivity index (χ4n) is 1.75. The molecule has 0 N–H and O–H groups in total. The molecule has 0 unspecified atom stereocenters. The molecule has 0 amide bonds. The standard InChI is InChI=1S/C12H10O3/c1-7(13)11-8(2)15-12(14)10-6-4-3-5-9(10)11/h3-6H,1-2H3. The van der Waals surface area contributed by atoms with Crippen LogP contribution >= 0.6 is 0 Å². The monoisotopic (exact) mass is 202 g/mol. The van der Waals surface area contributed by atoms with Crippen LogP contribution in [0.25, 0.3) is 10.8 Å². The van der Waals surface area contributed by atoms with E-state index < -0.39 is 5.63 Å². The van der Waals surface area contributed by atoms with Crippen LogP contribution in [0.15, 0.2) is 33.5 Å². The van der Waals surface area contributed by atoms with Crippen molar-refractivity contribution in [1.29, 1.82) is 0 Å². The first kappa shape index (κ1) is 9.65. The van der Waals surface area contributed by atoms with Crippen LogP contribution in [-0.4, -0.2) is 5.78 Å². The Kier molecular flexibility index (Phi) is 2.15. The summed E-state index contributed by atoms with van der Waals surface area (Å²) in [6.07, 6.45) is 0. The molecule has 0 fully saturated rings. The molecule has 0 saturated carbocycles. The van der Waals surface area contributed by atoms with Crippen molar-refractivity contribution in [2.75, 3.05) is 0 Å². The molecule has 1 heterocycles. The average molecular weight is 202 g/mol. The van der Waals surface area contributed by atoms with Gasteiger partial charge in [-0.2, -0.15) is 0 Å². The lowest BCUT2D eigenvalue weighted by Gasteiger charge is -2.04. The highest BCUT2D eigenvalue weighted by Crippen LogP contribution is 2.19. The van der Waals surface area contributed by atoms with E-state index >= 15 is 0 Å². The summed E-state index contributed by atoms with van der Waals surface area (Å²) in [5.41, 5.74) is 0.0956. The maximum Gasteiger partial charge on any atom is 0.343 e. The lowest BCUT2D eigenvalue weighted by molar-refractivity contribution is 0.101. The van der Waals surface area contributed by atoms with Gasteiger partial charge in [0.2, 0.25) is 0 Å². The lowest BCUT2D eigenvalue weighted by Crippen LogP contribution is -2.07. The van der Waals surface area contributed by atoms with Gasteiger partial charge >= 0.3 is 5.63 Å². The highest BCUT2D eigenvalue weighted by Gasteiger charge is 2.13.